The number of hydrogen-bond acceptors (Lipinski definition) is 1. The lowest BCUT2D eigenvalue weighted by atomic mass is 9.79. The second-order valence-electron chi connectivity index (χ2n) is 6.85. The predicted octanol–water partition coefficient (Wildman–Crippen LogP) is 6.37. The minimum absolute atomic E-state index is 0.698. The SMILES string of the molecule is CC=C[C@H]1CC[C@H](c2ccc(CCc3ccc(Cl)cc3)nc2)CC1. The van der Waals surface area contributed by atoms with E-state index in [0.29, 0.717) is 5.92 Å². The number of aromatic nitrogens is 1. The molecule has 0 unspecified atom stereocenters. The molecule has 24 heavy (non-hydrogen) atoms. The van der Waals surface area contributed by atoms with Crippen LogP contribution < -0.4 is 0 Å². The summed E-state index contributed by atoms with van der Waals surface area (Å²) >= 11 is 5.93. The van der Waals surface area contributed by atoms with E-state index in [4.69, 9.17) is 16.6 Å². The molecule has 1 aromatic carbocycles. The van der Waals surface area contributed by atoms with Gasteiger partial charge >= 0.3 is 0 Å². The Labute approximate surface area is 150 Å². The van der Waals surface area contributed by atoms with Crippen LogP contribution in [-0.4, -0.2) is 4.98 Å². The lowest BCUT2D eigenvalue weighted by Crippen LogP contribution is -2.12. The van der Waals surface area contributed by atoms with Crippen LogP contribution in [0.1, 0.15) is 55.3 Å². The van der Waals surface area contributed by atoms with Gasteiger partial charge in [0, 0.05) is 16.9 Å². The zero-order valence-electron chi connectivity index (χ0n) is 14.4. The van der Waals surface area contributed by atoms with Gasteiger partial charge in [-0.25, -0.2) is 0 Å². The second-order valence-corrected chi connectivity index (χ2v) is 7.28. The highest BCUT2D eigenvalue weighted by atomic mass is 35.5. The fourth-order valence-electron chi connectivity index (χ4n) is 3.67. The molecule has 1 aliphatic rings. The summed E-state index contributed by atoms with van der Waals surface area (Å²) in [7, 11) is 0. The van der Waals surface area contributed by atoms with E-state index in [2.05, 4.69) is 49.5 Å². The molecule has 1 aliphatic carbocycles. The molecule has 0 aliphatic heterocycles. The van der Waals surface area contributed by atoms with Crippen molar-refractivity contribution in [1.29, 1.82) is 0 Å². The van der Waals surface area contributed by atoms with Crippen LogP contribution in [0, 0.1) is 5.92 Å². The van der Waals surface area contributed by atoms with Gasteiger partial charge in [-0.1, -0.05) is 42.0 Å². The molecule has 2 aromatic rings. The zero-order chi connectivity index (χ0) is 16.8. The number of allylic oxidation sites excluding steroid dienone is 2. The summed E-state index contributed by atoms with van der Waals surface area (Å²) in [5.41, 5.74) is 3.91. The maximum Gasteiger partial charge on any atom is 0.0407 e. The molecule has 3 rings (SSSR count). The number of nitrogens with zero attached hydrogens (tertiary/aromatic N) is 1. The summed E-state index contributed by atoms with van der Waals surface area (Å²) < 4.78 is 0. The number of benzene rings is 1. The summed E-state index contributed by atoms with van der Waals surface area (Å²) in [6, 6.07) is 12.6. The zero-order valence-corrected chi connectivity index (χ0v) is 15.2. The summed E-state index contributed by atoms with van der Waals surface area (Å²) in [5.74, 6) is 1.49. The van der Waals surface area contributed by atoms with Crippen LogP contribution in [0.15, 0.2) is 54.7 Å². The van der Waals surface area contributed by atoms with Crippen LogP contribution in [-0.2, 0) is 12.8 Å². The first-order valence-corrected chi connectivity index (χ1v) is 9.44. The van der Waals surface area contributed by atoms with Crippen molar-refractivity contribution < 1.29 is 0 Å². The number of aryl methyl sites for hydroxylation is 2. The summed E-state index contributed by atoms with van der Waals surface area (Å²) in [6.45, 7) is 2.12. The van der Waals surface area contributed by atoms with Crippen LogP contribution in [0.5, 0.6) is 0 Å². The molecule has 126 valence electrons. The molecule has 0 saturated heterocycles. The van der Waals surface area contributed by atoms with Crippen LogP contribution >= 0.6 is 11.6 Å². The fourth-order valence-corrected chi connectivity index (χ4v) is 3.79. The Morgan fingerprint density at radius 3 is 2.38 bits per heavy atom. The lowest BCUT2D eigenvalue weighted by Gasteiger charge is -2.26. The van der Waals surface area contributed by atoms with Crippen molar-refractivity contribution in [3.8, 4) is 0 Å². The summed E-state index contributed by atoms with van der Waals surface area (Å²) in [6.07, 6.45) is 13.9. The quantitative estimate of drug-likeness (QED) is 0.577. The highest BCUT2D eigenvalue weighted by Gasteiger charge is 2.20. The highest BCUT2D eigenvalue weighted by molar-refractivity contribution is 6.30. The van der Waals surface area contributed by atoms with Gasteiger partial charge < -0.3 is 0 Å². The maximum absolute atomic E-state index is 5.93. The third-order valence-electron chi connectivity index (χ3n) is 5.14. The molecule has 0 N–H and O–H groups in total. The van der Waals surface area contributed by atoms with E-state index in [0.717, 1.165) is 23.8 Å². The van der Waals surface area contributed by atoms with E-state index in [9.17, 15) is 0 Å². The van der Waals surface area contributed by atoms with Gasteiger partial charge in [-0.3, -0.25) is 4.98 Å². The standard InChI is InChI=1S/C22H26ClN/c1-2-3-17-4-9-19(10-5-17)20-11-15-22(24-16-20)14-8-18-6-12-21(23)13-7-18/h2-3,6-7,11-13,15-17,19H,4-5,8-10,14H2,1H3/t17-,19-. The van der Waals surface area contributed by atoms with Crippen LogP contribution in [0.3, 0.4) is 0 Å². The Hall–Kier alpha value is -1.60. The molecule has 0 radical (unpaired) electrons. The minimum atomic E-state index is 0.698. The third-order valence-corrected chi connectivity index (χ3v) is 5.39. The monoisotopic (exact) mass is 339 g/mol. The average molecular weight is 340 g/mol. The van der Waals surface area contributed by atoms with Gasteiger partial charge in [0.25, 0.3) is 0 Å². The Bertz CT molecular complexity index is 649. The average Bonchev–Trinajstić information content (AvgIpc) is 2.63. The van der Waals surface area contributed by atoms with Gasteiger partial charge in [-0.15, -0.1) is 0 Å². The van der Waals surface area contributed by atoms with Crippen molar-refractivity contribution in [1.82, 2.24) is 4.98 Å². The molecular formula is C22H26ClN. The first-order chi connectivity index (χ1) is 11.7. The van der Waals surface area contributed by atoms with E-state index < -0.39 is 0 Å². The van der Waals surface area contributed by atoms with Crippen molar-refractivity contribution in [2.45, 2.75) is 51.4 Å². The van der Waals surface area contributed by atoms with Crippen molar-refractivity contribution in [2.24, 2.45) is 5.92 Å². The Morgan fingerprint density at radius 1 is 1.00 bits per heavy atom. The molecule has 1 aromatic heterocycles. The van der Waals surface area contributed by atoms with Crippen molar-refractivity contribution >= 4 is 11.6 Å². The van der Waals surface area contributed by atoms with Crippen molar-refractivity contribution in [2.75, 3.05) is 0 Å². The maximum atomic E-state index is 5.93. The van der Waals surface area contributed by atoms with Gasteiger partial charge in [0.05, 0.1) is 0 Å². The molecular weight excluding hydrogens is 314 g/mol. The Morgan fingerprint density at radius 2 is 1.75 bits per heavy atom. The van der Waals surface area contributed by atoms with E-state index in [1.54, 1.807) is 0 Å². The number of hydrogen-bond donors (Lipinski definition) is 0. The first-order valence-electron chi connectivity index (χ1n) is 9.06. The second kappa shape index (κ2) is 8.48. The van der Waals surface area contributed by atoms with Crippen LogP contribution in [0.4, 0.5) is 0 Å². The summed E-state index contributed by atoms with van der Waals surface area (Å²) in [5, 5.41) is 0.797. The van der Waals surface area contributed by atoms with Gasteiger partial charge in [0.15, 0.2) is 0 Å². The van der Waals surface area contributed by atoms with Gasteiger partial charge in [0.2, 0.25) is 0 Å². The molecule has 0 amide bonds. The Kier molecular flexibility index (Phi) is 6.09. The molecule has 0 atom stereocenters. The van der Waals surface area contributed by atoms with Crippen LogP contribution in [0.25, 0.3) is 0 Å². The molecule has 0 bridgehead atoms. The number of rotatable bonds is 5. The first kappa shape index (κ1) is 17.2. The molecule has 1 heterocycles. The van der Waals surface area contributed by atoms with Gasteiger partial charge in [0.1, 0.15) is 0 Å². The molecule has 1 nitrogen and oxygen atoms in total. The molecule has 1 saturated carbocycles. The topological polar surface area (TPSA) is 12.9 Å². The van der Waals surface area contributed by atoms with Gasteiger partial charge in [-0.05, 0) is 86.6 Å². The molecule has 0 spiro atoms. The summed E-state index contributed by atoms with van der Waals surface area (Å²) in [4.78, 5) is 4.70. The normalized spacial score (nSPS) is 21.2. The largest absolute Gasteiger partial charge is 0.261 e. The number of pyridine rings is 1. The van der Waals surface area contributed by atoms with Crippen molar-refractivity contribution in [3.05, 3.63) is 76.6 Å². The van der Waals surface area contributed by atoms with Crippen LogP contribution in [0.2, 0.25) is 5.02 Å². The Balaban J connectivity index is 1.53. The smallest absolute Gasteiger partial charge is 0.0407 e. The van der Waals surface area contributed by atoms with Gasteiger partial charge in [-0.2, -0.15) is 0 Å². The third kappa shape index (κ3) is 4.70. The van der Waals surface area contributed by atoms with E-state index >= 15 is 0 Å². The predicted molar refractivity (Wildman–Crippen MR) is 103 cm³/mol. The lowest BCUT2D eigenvalue weighted by molar-refractivity contribution is 0.375. The van der Waals surface area contributed by atoms with E-state index in [-0.39, 0.29) is 0 Å². The van der Waals surface area contributed by atoms with E-state index in [1.807, 2.05) is 12.1 Å². The molecule has 1 fully saturated rings. The minimum Gasteiger partial charge on any atom is -0.261 e. The fraction of sp³-hybridized carbons (Fsp3) is 0.409. The van der Waals surface area contributed by atoms with E-state index in [1.165, 1.54) is 42.5 Å². The molecule has 2 heteroatoms. The highest BCUT2D eigenvalue weighted by Crippen LogP contribution is 2.36. The number of halogens is 1. The van der Waals surface area contributed by atoms with Crippen molar-refractivity contribution in [3.63, 3.8) is 0 Å².